The minimum Gasteiger partial charge on any atom is -0.481 e. The molecule has 0 aliphatic heterocycles. The van der Waals surface area contributed by atoms with Crippen LogP contribution in [0.4, 0.5) is 8.78 Å². The zero-order chi connectivity index (χ0) is 10.1. The van der Waals surface area contributed by atoms with Gasteiger partial charge in [0.25, 0.3) is 0 Å². The summed E-state index contributed by atoms with van der Waals surface area (Å²) in [6.45, 7) is 0. The van der Waals surface area contributed by atoms with E-state index >= 15 is 0 Å². The maximum atomic E-state index is 13.0. The van der Waals surface area contributed by atoms with Crippen molar-refractivity contribution in [2.24, 2.45) is 0 Å². The Balaban J connectivity index is 2.86. The minimum atomic E-state index is -3.39. The van der Waals surface area contributed by atoms with Crippen molar-refractivity contribution in [3.63, 3.8) is 0 Å². The lowest BCUT2D eigenvalue weighted by Crippen LogP contribution is -2.17. The van der Waals surface area contributed by atoms with Gasteiger partial charge < -0.3 is 5.11 Å². The van der Waals surface area contributed by atoms with Gasteiger partial charge in [-0.2, -0.15) is 8.78 Å². The molecule has 0 aliphatic carbocycles. The highest BCUT2D eigenvalue weighted by Gasteiger charge is 2.37. The Morgan fingerprint density at radius 2 is 2.38 bits per heavy atom. The van der Waals surface area contributed by atoms with Crippen molar-refractivity contribution in [2.45, 2.75) is 12.3 Å². The van der Waals surface area contributed by atoms with Crippen LogP contribution in [0.15, 0.2) is 9.98 Å². The number of nitrogens with zero attached hydrogens (tertiary/aromatic N) is 1. The highest BCUT2D eigenvalue weighted by molar-refractivity contribution is 9.11. The zero-order valence-corrected chi connectivity index (χ0v) is 8.53. The van der Waals surface area contributed by atoms with Gasteiger partial charge in [-0.05, 0) is 15.9 Å². The molecule has 0 fully saturated rings. The van der Waals surface area contributed by atoms with Gasteiger partial charge in [-0.25, -0.2) is 4.98 Å². The van der Waals surface area contributed by atoms with E-state index in [2.05, 4.69) is 20.9 Å². The molecule has 0 atom stereocenters. The lowest BCUT2D eigenvalue weighted by Gasteiger charge is -2.09. The van der Waals surface area contributed by atoms with Crippen LogP contribution in [0.5, 0.6) is 0 Å². The Morgan fingerprint density at radius 1 is 1.77 bits per heavy atom. The van der Waals surface area contributed by atoms with Gasteiger partial charge in [0.1, 0.15) is 6.42 Å². The lowest BCUT2D eigenvalue weighted by atomic mass is 10.2. The van der Waals surface area contributed by atoms with Crippen LogP contribution in [-0.4, -0.2) is 16.1 Å². The molecule has 0 saturated carbocycles. The molecule has 0 radical (unpaired) electrons. The molecule has 1 N–H and O–H groups in total. The van der Waals surface area contributed by atoms with E-state index in [1.54, 1.807) is 0 Å². The fourth-order valence-corrected chi connectivity index (χ4v) is 1.87. The van der Waals surface area contributed by atoms with E-state index in [0.29, 0.717) is 3.79 Å². The third-order valence-corrected chi connectivity index (χ3v) is 2.75. The fraction of sp³-hybridized carbons (Fsp3) is 0.333. The molecule has 0 aliphatic rings. The van der Waals surface area contributed by atoms with Crippen LogP contribution in [0.25, 0.3) is 0 Å². The Morgan fingerprint density at radius 3 is 2.77 bits per heavy atom. The minimum absolute atomic E-state index is 0.451. The van der Waals surface area contributed by atoms with Gasteiger partial charge in [0.2, 0.25) is 0 Å². The molecule has 13 heavy (non-hydrogen) atoms. The largest absolute Gasteiger partial charge is 0.481 e. The maximum Gasteiger partial charge on any atom is 0.309 e. The Kier molecular flexibility index (Phi) is 2.97. The first-order chi connectivity index (χ1) is 5.92. The maximum absolute atomic E-state index is 13.0. The molecule has 0 bridgehead atoms. The van der Waals surface area contributed by atoms with Crippen LogP contribution in [0.1, 0.15) is 11.4 Å². The molecule has 0 saturated heterocycles. The van der Waals surface area contributed by atoms with E-state index in [0.717, 1.165) is 11.3 Å². The van der Waals surface area contributed by atoms with E-state index in [1.807, 2.05) is 0 Å². The van der Waals surface area contributed by atoms with Gasteiger partial charge in [0, 0.05) is 0 Å². The normalized spacial score (nSPS) is 11.6. The van der Waals surface area contributed by atoms with Crippen molar-refractivity contribution in [3.8, 4) is 0 Å². The molecule has 1 rings (SSSR count). The first kappa shape index (κ1) is 10.5. The number of hydrogen-bond acceptors (Lipinski definition) is 3. The van der Waals surface area contributed by atoms with Gasteiger partial charge in [0.05, 0.1) is 9.98 Å². The average Bonchev–Trinajstić information content (AvgIpc) is 2.32. The van der Waals surface area contributed by atoms with Gasteiger partial charge in [-0.1, -0.05) is 0 Å². The summed E-state index contributed by atoms with van der Waals surface area (Å²) in [5.41, 5.74) is 0. The van der Waals surface area contributed by atoms with E-state index in [-0.39, 0.29) is 0 Å². The number of aliphatic carboxylic acids is 1. The number of alkyl halides is 2. The molecule has 0 amide bonds. The second kappa shape index (κ2) is 3.67. The van der Waals surface area contributed by atoms with Crippen LogP contribution in [0, 0.1) is 0 Å². The first-order valence-corrected chi connectivity index (χ1v) is 4.74. The standard InChI is InChI=1S/C6H4BrF2NO2S/c7-3-2-10-5(13-3)6(8,9)1-4(11)12/h2H,1H2,(H,11,12). The Bertz CT molecular complexity index is 328. The predicted molar refractivity (Wildman–Crippen MR) is 46.0 cm³/mol. The summed E-state index contributed by atoms with van der Waals surface area (Å²) in [5, 5.41) is 7.72. The number of aromatic nitrogens is 1. The smallest absolute Gasteiger partial charge is 0.309 e. The number of carbonyl (C=O) groups is 1. The van der Waals surface area contributed by atoms with Crippen molar-refractivity contribution in [1.82, 2.24) is 4.98 Å². The molecule has 3 nitrogen and oxygen atoms in total. The van der Waals surface area contributed by atoms with Gasteiger partial charge in [-0.15, -0.1) is 11.3 Å². The number of rotatable bonds is 3. The van der Waals surface area contributed by atoms with E-state index < -0.39 is 23.3 Å². The van der Waals surface area contributed by atoms with Crippen LogP contribution in [0.3, 0.4) is 0 Å². The summed E-state index contributed by atoms with van der Waals surface area (Å²) in [5.74, 6) is -4.93. The molecule has 0 unspecified atom stereocenters. The second-order valence-corrected chi connectivity index (χ2v) is 4.65. The summed E-state index contributed by atoms with van der Waals surface area (Å²) in [6, 6.07) is 0. The van der Waals surface area contributed by atoms with Crippen molar-refractivity contribution in [1.29, 1.82) is 0 Å². The highest BCUT2D eigenvalue weighted by Crippen LogP contribution is 2.35. The van der Waals surface area contributed by atoms with E-state index in [4.69, 9.17) is 5.11 Å². The molecule has 72 valence electrons. The molecule has 1 aromatic rings. The lowest BCUT2D eigenvalue weighted by molar-refractivity contribution is -0.145. The highest BCUT2D eigenvalue weighted by atomic mass is 79.9. The predicted octanol–water partition coefficient (Wildman–Crippen LogP) is 2.47. The molecular weight excluding hydrogens is 268 g/mol. The molecular formula is C6H4BrF2NO2S. The number of hydrogen-bond donors (Lipinski definition) is 1. The molecule has 1 heterocycles. The molecule has 0 spiro atoms. The monoisotopic (exact) mass is 271 g/mol. The summed E-state index contributed by atoms with van der Waals surface area (Å²) < 4.78 is 26.4. The van der Waals surface area contributed by atoms with Crippen molar-refractivity contribution < 1.29 is 18.7 Å². The number of carboxylic acid groups (broad SMARTS) is 1. The molecule has 1 aromatic heterocycles. The Labute approximate surface area is 84.5 Å². The van der Waals surface area contributed by atoms with Crippen molar-refractivity contribution in [3.05, 3.63) is 15.0 Å². The SMILES string of the molecule is O=C(O)CC(F)(F)c1ncc(Br)s1. The number of thiazole rings is 1. The number of carboxylic acids is 1. The van der Waals surface area contributed by atoms with Crippen LogP contribution < -0.4 is 0 Å². The topological polar surface area (TPSA) is 50.2 Å². The Hall–Kier alpha value is -0.560. The van der Waals surface area contributed by atoms with Crippen LogP contribution >= 0.6 is 27.3 Å². The van der Waals surface area contributed by atoms with Crippen molar-refractivity contribution >= 4 is 33.2 Å². The average molecular weight is 272 g/mol. The summed E-state index contributed by atoms with van der Waals surface area (Å²) >= 11 is 3.69. The van der Waals surface area contributed by atoms with E-state index in [1.165, 1.54) is 6.20 Å². The fourth-order valence-electron chi connectivity index (χ4n) is 0.689. The van der Waals surface area contributed by atoms with Gasteiger partial charge in [0.15, 0.2) is 5.01 Å². The van der Waals surface area contributed by atoms with Gasteiger partial charge >= 0.3 is 11.9 Å². The third-order valence-electron chi connectivity index (χ3n) is 1.16. The van der Waals surface area contributed by atoms with E-state index in [9.17, 15) is 13.6 Å². The van der Waals surface area contributed by atoms with Gasteiger partial charge in [-0.3, -0.25) is 4.79 Å². The summed E-state index contributed by atoms with van der Waals surface area (Å²) in [6.07, 6.45) is -0.0112. The molecule has 0 aromatic carbocycles. The quantitative estimate of drug-likeness (QED) is 0.919. The second-order valence-electron chi connectivity index (χ2n) is 2.24. The number of halogens is 3. The first-order valence-electron chi connectivity index (χ1n) is 3.13. The van der Waals surface area contributed by atoms with Crippen molar-refractivity contribution in [2.75, 3.05) is 0 Å². The molecule has 7 heteroatoms. The van der Waals surface area contributed by atoms with Crippen LogP contribution in [0.2, 0.25) is 0 Å². The third kappa shape index (κ3) is 2.70. The summed E-state index contributed by atoms with van der Waals surface area (Å²) in [7, 11) is 0. The van der Waals surface area contributed by atoms with Crippen LogP contribution in [-0.2, 0) is 10.7 Å². The zero-order valence-electron chi connectivity index (χ0n) is 6.13. The summed E-state index contributed by atoms with van der Waals surface area (Å²) in [4.78, 5) is 13.5.